The lowest BCUT2D eigenvalue weighted by Crippen LogP contribution is -2.47. The molecular formula is C34H41N5O3S. The van der Waals surface area contributed by atoms with E-state index in [0.29, 0.717) is 60.6 Å². The maximum Gasteiger partial charge on any atom is 0.341 e. The van der Waals surface area contributed by atoms with E-state index in [1.165, 1.54) is 29.6 Å². The second kappa shape index (κ2) is 13.6. The highest BCUT2D eigenvalue weighted by atomic mass is 32.1. The lowest BCUT2D eigenvalue weighted by Gasteiger charge is -2.41. The monoisotopic (exact) mass is 599 g/mol. The van der Waals surface area contributed by atoms with Gasteiger partial charge in [-0.25, -0.2) is 19.7 Å². The third kappa shape index (κ3) is 7.21. The number of amides is 1. The van der Waals surface area contributed by atoms with Crippen molar-refractivity contribution in [2.45, 2.75) is 65.7 Å². The average molecular weight is 600 g/mol. The quantitative estimate of drug-likeness (QED) is 0.188. The maximum atomic E-state index is 13.8. The van der Waals surface area contributed by atoms with Gasteiger partial charge in [-0.05, 0) is 74.1 Å². The van der Waals surface area contributed by atoms with Crippen LogP contribution in [0.25, 0.3) is 10.2 Å². The van der Waals surface area contributed by atoms with Crippen molar-refractivity contribution in [1.29, 1.82) is 0 Å². The SMILES string of the molecule is CCc1ccc(CCc2nc(N3CCC(CCC(C)C)(C(=O)Nc4nc5ccccc5s4)CC3)ncc2C(=O)OC)cc1. The predicted octanol–water partition coefficient (Wildman–Crippen LogP) is 6.88. The second-order valence-electron chi connectivity index (χ2n) is 11.8. The molecule has 3 heterocycles. The number of methoxy groups -OCH3 is 1. The van der Waals surface area contributed by atoms with Crippen LogP contribution in [-0.2, 0) is 28.8 Å². The smallest absolute Gasteiger partial charge is 0.341 e. The van der Waals surface area contributed by atoms with Crippen molar-refractivity contribution in [3.63, 3.8) is 0 Å². The van der Waals surface area contributed by atoms with Gasteiger partial charge >= 0.3 is 5.97 Å². The minimum absolute atomic E-state index is 0.0450. The van der Waals surface area contributed by atoms with Gasteiger partial charge in [0.1, 0.15) is 0 Å². The highest BCUT2D eigenvalue weighted by Crippen LogP contribution is 2.40. The number of anilines is 2. The van der Waals surface area contributed by atoms with E-state index in [2.05, 4.69) is 65.2 Å². The number of thiazole rings is 1. The summed E-state index contributed by atoms with van der Waals surface area (Å²) >= 11 is 1.51. The van der Waals surface area contributed by atoms with Crippen LogP contribution in [0.2, 0.25) is 0 Å². The average Bonchev–Trinajstić information content (AvgIpc) is 3.45. The number of aromatic nitrogens is 3. The third-order valence-electron chi connectivity index (χ3n) is 8.54. The van der Waals surface area contributed by atoms with Crippen LogP contribution in [0.3, 0.4) is 0 Å². The van der Waals surface area contributed by atoms with E-state index in [1.54, 1.807) is 6.20 Å². The Morgan fingerprint density at radius 2 is 1.74 bits per heavy atom. The number of esters is 1. The highest BCUT2D eigenvalue weighted by Gasteiger charge is 2.42. The van der Waals surface area contributed by atoms with Crippen LogP contribution in [-0.4, -0.2) is 47.0 Å². The molecule has 2 aromatic carbocycles. The summed E-state index contributed by atoms with van der Waals surface area (Å²) in [4.78, 5) is 42.6. The standard InChI is InChI=1S/C34H41N5O3S/c1-5-24-10-12-25(13-11-24)14-15-27-26(30(40)42-4)22-35-32(36-27)39-20-18-34(19-21-39,17-16-23(2)3)31(41)38-33-37-28-8-6-7-9-29(28)43-33/h6-13,22-23H,5,14-21H2,1-4H3,(H,37,38,41). The molecule has 8 nitrogen and oxygen atoms in total. The van der Waals surface area contributed by atoms with Crippen molar-refractivity contribution in [1.82, 2.24) is 15.0 Å². The molecule has 0 bridgehead atoms. The Labute approximate surface area is 257 Å². The summed E-state index contributed by atoms with van der Waals surface area (Å²) in [5.41, 5.74) is 3.98. The van der Waals surface area contributed by atoms with Crippen molar-refractivity contribution in [2.24, 2.45) is 11.3 Å². The lowest BCUT2D eigenvalue weighted by molar-refractivity contribution is -0.127. The van der Waals surface area contributed by atoms with Gasteiger partial charge in [0.05, 0.1) is 34.0 Å². The summed E-state index contributed by atoms with van der Waals surface area (Å²) in [5.74, 6) is 0.706. The molecule has 0 atom stereocenters. The Morgan fingerprint density at radius 3 is 2.42 bits per heavy atom. The molecule has 1 aliphatic rings. The van der Waals surface area contributed by atoms with Gasteiger partial charge in [-0.1, -0.05) is 68.5 Å². The first-order valence-electron chi connectivity index (χ1n) is 15.2. The number of rotatable bonds is 11. The minimum Gasteiger partial charge on any atom is -0.465 e. The fourth-order valence-corrected chi connectivity index (χ4v) is 6.54. The Balaban J connectivity index is 1.32. The van der Waals surface area contributed by atoms with Crippen molar-refractivity contribution in [2.75, 3.05) is 30.4 Å². The Kier molecular flexibility index (Phi) is 9.70. The number of ether oxygens (including phenoxy) is 1. The number of para-hydroxylation sites is 1. The minimum atomic E-state index is -0.488. The zero-order valence-corrected chi connectivity index (χ0v) is 26.4. The summed E-state index contributed by atoms with van der Waals surface area (Å²) in [5, 5.41) is 3.81. The van der Waals surface area contributed by atoms with Gasteiger partial charge in [-0.3, -0.25) is 4.79 Å². The fourth-order valence-electron chi connectivity index (χ4n) is 5.68. The van der Waals surface area contributed by atoms with E-state index in [1.807, 2.05) is 24.3 Å². The molecule has 43 heavy (non-hydrogen) atoms. The van der Waals surface area contributed by atoms with Crippen molar-refractivity contribution in [3.8, 4) is 0 Å². The molecule has 0 unspecified atom stereocenters. The van der Waals surface area contributed by atoms with Gasteiger partial charge in [-0.15, -0.1) is 0 Å². The molecule has 1 N–H and O–H groups in total. The predicted molar refractivity (Wildman–Crippen MR) is 173 cm³/mol. The molecule has 4 aromatic rings. The highest BCUT2D eigenvalue weighted by molar-refractivity contribution is 7.22. The van der Waals surface area contributed by atoms with Gasteiger partial charge in [-0.2, -0.15) is 0 Å². The Morgan fingerprint density at radius 1 is 1.02 bits per heavy atom. The Bertz CT molecular complexity index is 1530. The van der Waals surface area contributed by atoms with E-state index >= 15 is 0 Å². The number of carbonyl (C=O) groups excluding carboxylic acids is 2. The molecule has 1 fully saturated rings. The van der Waals surface area contributed by atoms with E-state index in [9.17, 15) is 9.59 Å². The summed E-state index contributed by atoms with van der Waals surface area (Å²) in [7, 11) is 1.38. The molecule has 0 spiro atoms. The van der Waals surface area contributed by atoms with E-state index in [-0.39, 0.29) is 5.91 Å². The number of nitrogens with zero attached hydrogens (tertiary/aromatic N) is 4. The van der Waals surface area contributed by atoms with Gasteiger partial charge < -0.3 is 15.0 Å². The van der Waals surface area contributed by atoms with Crippen LogP contribution >= 0.6 is 11.3 Å². The zero-order chi connectivity index (χ0) is 30.4. The number of aryl methyl sites for hydroxylation is 3. The van der Waals surface area contributed by atoms with Gasteiger partial charge in [0.15, 0.2) is 5.13 Å². The number of benzene rings is 2. The number of fused-ring (bicyclic) bond motifs is 1. The first-order valence-corrected chi connectivity index (χ1v) is 16.1. The summed E-state index contributed by atoms with van der Waals surface area (Å²) in [6.07, 6.45) is 7.12. The molecule has 5 rings (SSSR count). The van der Waals surface area contributed by atoms with Crippen molar-refractivity contribution in [3.05, 3.63) is 77.1 Å². The molecule has 0 radical (unpaired) electrons. The van der Waals surface area contributed by atoms with Crippen LogP contribution < -0.4 is 10.2 Å². The molecular weight excluding hydrogens is 558 g/mol. The summed E-state index contributed by atoms with van der Waals surface area (Å²) < 4.78 is 6.09. The van der Waals surface area contributed by atoms with E-state index in [4.69, 9.17) is 9.72 Å². The number of hydrogen-bond acceptors (Lipinski definition) is 8. The van der Waals surface area contributed by atoms with Crippen LogP contribution in [0, 0.1) is 11.3 Å². The topological polar surface area (TPSA) is 97.3 Å². The van der Waals surface area contributed by atoms with Crippen LogP contribution in [0.15, 0.2) is 54.7 Å². The Hall–Kier alpha value is -3.85. The normalized spacial score (nSPS) is 14.7. The summed E-state index contributed by atoms with van der Waals surface area (Å²) in [6.45, 7) is 7.85. The van der Waals surface area contributed by atoms with Gasteiger partial charge in [0.25, 0.3) is 0 Å². The van der Waals surface area contributed by atoms with Crippen LogP contribution in [0.1, 0.15) is 73.6 Å². The van der Waals surface area contributed by atoms with E-state index in [0.717, 1.165) is 35.9 Å². The van der Waals surface area contributed by atoms with E-state index < -0.39 is 11.4 Å². The molecule has 1 amide bonds. The van der Waals surface area contributed by atoms with Crippen LogP contribution in [0.5, 0.6) is 0 Å². The van der Waals surface area contributed by atoms with Gasteiger partial charge in [0.2, 0.25) is 11.9 Å². The second-order valence-corrected chi connectivity index (χ2v) is 12.9. The molecule has 2 aromatic heterocycles. The number of carbonyl (C=O) groups is 2. The van der Waals surface area contributed by atoms with Crippen LogP contribution in [0.4, 0.5) is 11.1 Å². The number of hydrogen-bond donors (Lipinski definition) is 1. The third-order valence-corrected chi connectivity index (χ3v) is 9.49. The molecule has 1 saturated heterocycles. The number of nitrogens with one attached hydrogen (secondary N) is 1. The largest absolute Gasteiger partial charge is 0.465 e. The van der Waals surface area contributed by atoms with Gasteiger partial charge in [0, 0.05) is 19.3 Å². The first kappa shape index (κ1) is 30.6. The molecule has 226 valence electrons. The molecule has 1 aliphatic heterocycles. The molecule has 9 heteroatoms. The first-order chi connectivity index (χ1) is 20.8. The van der Waals surface area contributed by atoms with Crippen molar-refractivity contribution >= 4 is 44.5 Å². The van der Waals surface area contributed by atoms with Crippen molar-refractivity contribution < 1.29 is 14.3 Å². The fraction of sp³-hybridized carbons (Fsp3) is 0.441. The lowest BCUT2D eigenvalue weighted by atomic mass is 9.73. The molecule has 0 aliphatic carbocycles. The molecule has 0 saturated carbocycles. The maximum absolute atomic E-state index is 13.8. The number of piperidine rings is 1. The summed E-state index contributed by atoms with van der Waals surface area (Å²) in [6, 6.07) is 16.5. The zero-order valence-electron chi connectivity index (χ0n) is 25.6.